The predicted molar refractivity (Wildman–Crippen MR) is 88.4 cm³/mol. The summed E-state index contributed by atoms with van der Waals surface area (Å²) in [5, 5.41) is 4.68. The second-order valence-corrected chi connectivity index (χ2v) is 6.37. The Labute approximate surface area is 127 Å². The molecule has 1 N–H and O–H groups in total. The number of aryl methyl sites for hydroxylation is 1. The Kier molecular flexibility index (Phi) is 4.51. The fourth-order valence-corrected chi connectivity index (χ4v) is 3.26. The van der Waals surface area contributed by atoms with Crippen LogP contribution in [0.15, 0.2) is 30.3 Å². The van der Waals surface area contributed by atoms with Crippen LogP contribution in [0.5, 0.6) is 0 Å². The fraction of sp³-hybridized carbons (Fsp3) is 0.500. The number of benzene rings is 1. The molecular formula is C18H25N3. The molecule has 1 aliphatic heterocycles. The zero-order valence-electron chi connectivity index (χ0n) is 13.1. The summed E-state index contributed by atoms with van der Waals surface area (Å²) >= 11 is 0. The van der Waals surface area contributed by atoms with Crippen molar-refractivity contribution in [2.75, 3.05) is 26.7 Å². The second kappa shape index (κ2) is 6.54. The highest BCUT2D eigenvalue weighted by atomic mass is 15.1. The number of aromatic nitrogens is 1. The van der Waals surface area contributed by atoms with Crippen LogP contribution in [0.4, 0.5) is 0 Å². The largest absolute Gasteiger partial charge is 0.317 e. The SMILES string of the molecule is Cc1ccc2cc(CN(C)CC3CCNCC3)ccc2n1. The van der Waals surface area contributed by atoms with Crippen molar-refractivity contribution in [3.63, 3.8) is 0 Å². The van der Waals surface area contributed by atoms with Gasteiger partial charge in [-0.1, -0.05) is 12.1 Å². The van der Waals surface area contributed by atoms with Gasteiger partial charge in [-0.05, 0) is 69.6 Å². The van der Waals surface area contributed by atoms with E-state index in [9.17, 15) is 0 Å². The van der Waals surface area contributed by atoms with Crippen molar-refractivity contribution in [3.8, 4) is 0 Å². The van der Waals surface area contributed by atoms with Gasteiger partial charge in [-0.2, -0.15) is 0 Å². The number of fused-ring (bicyclic) bond motifs is 1. The van der Waals surface area contributed by atoms with Gasteiger partial charge in [-0.15, -0.1) is 0 Å². The van der Waals surface area contributed by atoms with Crippen molar-refractivity contribution >= 4 is 10.9 Å². The van der Waals surface area contributed by atoms with E-state index in [0.717, 1.165) is 23.7 Å². The first kappa shape index (κ1) is 14.5. The van der Waals surface area contributed by atoms with E-state index in [1.54, 1.807) is 0 Å². The van der Waals surface area contributed by atoms with Gasteiger partial charge in [0.05, 0.1) is 5.52 Å². The molecule has 0 unspecified atom stereocenters. The van der Waals surface area contributed by atoms with Gasteiger partial charge in [0.15, 0.2) is 0 Å². The summed E-state index contributed by atoms with van der Waals surface area (Å²) in [7, 11) is 2.24. The standard InChI is InChI=1S/C18H25N3/c1-14-3-5-17-11-16(4-6-18(17)20-14)13-21(2)12-15-7-9-19-10-8-15/h3-6,11,15,19H,7-10,12-13H2,1-2H3. The maximum Gasteiger partial charge on any atom is 0.0705 e. The Bertz CT molecular complexity index is 602. The van der Waals surface area contributed by atoms with E-state index in [2.05, 4.69) is 52.6 Å². The van der Waals surface area contributed by atoms with Gasteiger partial charge in [-0.3, -0.25) is 4.98 Å². The normalized spacial score (nSPS) is 16.7. The van der Waals surface area contributed by atoms with Crippen molar-refractivity contribution in [3.05, 3.63) is 41.6 Å². The molecule has 112 valence electrons. The van der Waals surface area contributed by atoms with Crippen molar-refractivity contribution in [2.24, 2.45) is 5.92 Å². The minimum atomic E-state index is 0.848. The molecule has 3 nitrogen and oxygen atoms in total. The van der Waals surface area contributed by atoms with Gasteiger partial charge < -0.3 is 10.2 Å². The summed E-state index contributed by atoms with van der Waals surface area (Å²) in [6.45, 7) is 6.62. The maximum atomic E-state index is 4.57. The Morgan fingerprint density at radius 1 is 1.19 bits per heavy atom. The highest BCUT2D eigenvalue weighted by Crippen LogP contribution is 2.18. The minimum Gasteiger partial charge on any atom is -0.317 e. The second-order valence-electron chi connectivity index (χ2n) is 6.37. The van der Waals surface area contributed by atoms with Crippen LogP contribution in [0.1, 0.15) is 24.1 Å². The summed E-state index contributed by atoms with van der Waals surface area (Å²) in [5.41, 5.74) is 3.56. The molecule has 1 aliphatic rings. The Balaban J connectivity index is 1.65. The van der Waals surface area contributed by atoms with Crippen LogP contribution in [-0.4, -0.2) is 36.6 Å². The summed E-state index contributed by atoms with van der Waals surface area (Å²) < 4.78 is 0. The van der Waals surface area contributed by atoms with Crippen LogP contribution in [0.3, 0.4) is 0 Å². The number of piperidine rings is 1. The topological polar surface area (TPSA) is 28.2 Å². The zero-order valence-corrected chi connectivity index (χ0v) is 13.1. The van der Waals surface area contributed by atoms with Gasteiger partial charge >= 0.3 is 0 Å². The first-order valence-electron chi connectivity index (χ1n) is 7.96. The molecule has 1 fully saturated rings. The number of nitrogens with zero attached hydrogens (tertiary/aromatic N) is 2. The quantitative estimate of drug-likeness (QED) is 0.935. The third-order valence-electron chi connectivity index (χ3n) is 4.37. The van der Waals surface area contributed by atoms with E-state index < -0.39 is 0 Å². The zero-order chi connectivity index (χ0) is 14.7. The number of hydrogen-bond acceptors (Lipinski definition) is 3. The molecule has 0 radical (unpaired) electrons. The highest BCUT2D eigenvalue weighted by molar-refractivity contribution is 5.79. The molecule has 1 aromatic carbocycles. The van der Waals surface area contributed by atoms with E-state index in [1.165, 1.54) is 43.4 Å². The molecule has 21 heavy (non-hydrogen) atoms. The monoisotopic (exact) mass is 283 g/mol. The van der Waals surface area contributed by atoms with Gasteiger partial charge in [-0.25, -0.2) is 0 Å². The summed E-state index contributed by atoms with van der Waals surface area (Å²) in [6, 6.07) is 10.9. The lowest BCUT2D eigenvalue weighted by Gasteiger charge is -2.27. The molecule has 2 heterocycles. The van der Waals surface area contributed by atoms with Crippen LogP contribution in [0.2, 0.25) is 0 Å². The number of pyridine rings is 1. The lowest BCUT2D eigenvalue weighted by molar-refractivity contribution is 0.234. The highest BCUT2D eigenvalue weighted by Gasteiger charge is 2.15. The molecule has 1 aromatic heterocycles. The number of hydrogen-bond donors (Lipinski definition) is 1. The molecule has 0 bridgehead atoms. The van der Waals surface area contributed by atoms with Crippen LogP contribution < -0.4 is 5.32 Å². The fourth-order valence-electron chi connectivity index (χ4n) is 3.26. The Morgan fingerprint density at radius 2 is 2.00 bits per heavy atom. The third-order valence-corrected chi connectivity index (χ3v) is 4.37. The molecule has 0 atom stereocenters. The third kappa shape index (κ3) is 3.80. The maximum absolute atomic E-state index is 4.57. The Hall–Kier alpha value is -1.45. The van der Waals surface area contributed by atoms with Crippen molar-refractivity contribution < 1.29 is 0 Å². The van der Waals surface area contributed by atoms with Crippen LogP contribution in [0.25, 0.3) is 10.9 Å². The first-order chi connectivity index (χ1) is 10.2. The van der Waals surface area contributed by atoms with Gasteiger partial charge in [0, 0.05) is 24.2 Å². The van der Waals surface area contributed by atoms with E-state index in [1.807, 2.05) is 6.92 Å². The average molecular weight is 283 g/mol. The van der Waals surface area contributed by atoms with Crippen molar-refractivity contribution in [1.29, 1.82) is 0 Å². The van der Waals surface area contributed by atoms with E-state index >= 15 is 0 Å². The minimum absolute atomic E-state index is 0.848. The molecule has 0 spiro atoms. The van der Waals surface area contributed by atoms with E-state index in [4.69, 9.17) is 0 Å². The van der Waals surface area contributed by atoms with E-state index in [-0.39, 0.29) is 0 Å². The van der Waals surface area contributed by atoms with Crippen molar-refractivity contribution in [2.45, 2.75) is 26.3 Å². The molecule has 1 saturated heterocycles. The molecule has 3 heteroatoms. The predicted octanol–water partition coefficient (Wildman–Crippen LogP) is 2.97. The van der Waals surface area contributed by atoms with Gasteiger partial charge in [0.1, 0.15) is 0 Å². The molecular weight excluding hydrogens is 258 g/mol. The van der Waals surface area contributed by atoms with Crippen LogP contribution in [-0.2, 0) is 6.54 Å². The first-order valence-corrected chi connectivity index (χ1v) is 7.96. The molecule has 0 saturated carbocycles. The lowest BCUT2D eigenvalue weighted by Crippen LogP contribution is -2.34. The smallest absolute Gasteiger partial charge is 0.0705 e. The number of nitrogens with one attached hydrogen (secondary N) is 1. The Morgan fingerprint density at radius 3 is 2.81 bits per heavy atom. The molecule has 0 aliphatic carbocycles. The average Bonchev–Trinajstić information content (AvgIpc) is 2.48. The van der Waals surface area contributed by atoms with Crippen LogP contribution in [0, 0.1) is 12.8 Å². The van der Waals surface area contributed by atoms with Crippen molar-refractivity contribution in [1.82, 2.24) is 15.2 Å². The van der Waals surface area contributed by atoms with Crippen LogP contribution >= 0.6 is 0 Å². The molecule has 0 amide bonds. The number of rotatable bonds is 4. The lowest BCUT2D eigenvalue weighted by atomic mass is 9.97. The summed E-state index contributed by atoms with van der Waals surface area (Å²) in [6.07, 6.45) is 2.62. The van der Waals surface area contributed by atoms with Gasteiger partial charge in [0.2, 0.25) is 0 Å². The molecule has 3 rings (SSSR count). The summed E-state index contributed by atoms with van der Waals surface area (Å²) in [4.78, 5) is 7.03. The van der Waals surface area contributed by atoms with Gasteiger partial charge in [0.25, 0.3) is 0 Å². The summed E-state index contributed by atoms with van der Waals surface area (Å²) in [5.74, 6) is 0.848. The van der Waals surface area contributed by atoms with E-state index in [0.29, 0.717) is 0 Å². The molecule has 2 aromatic rings.